The SMILES string of the molecule is O=C1CC(CS(=O)(=O)F)CN1CC1(c2ccc(Cl)cc2)CC1. The molecule has 7 heteroatoms. The van der Waals surface area contributed by atoms with Gasteiger partial charge in [-0.1, -0.05) is 23.7 Å². The van der Waals surface area contributed by atoms with Crippen LogP contribution in [0, 0.1) is 5.92 Å². The zero-order chi connectivity index (χ0) is 16.0. The van der Waals surface area contributed by atoms with Gasteiger partial charge in [0.2, 0.25) is 5.91 Å². The van der Waals surface area contributed by atoms with Gasteiger partial charge in [0.25, 0.3) is 0 Å². The molecule has 2 aliphatic rings. The molecule has 1 aliphatic heterocycles. The second-order valence-corrected chi connectivity index (χ2v) is 8.18. The number of benzene rings is 1. The Labute approximate surface area is 134 Å². The van der Waals surface area contributed by atoms with Gasteiger partial charge < -0.3 is 4.90 Å². The summed E-state index contributed by atoms with van der Waals surface area (Å²) in [6.45, 7) is 0.883. The monoisotopic (exact) mass is 345 g/mol. The average Bonchev–Trinajstić information content (AvgIpc) is 3.10. The Morgan fingerprint density at radius 3 is 2.45 bits per heavy atom. The first-order chi connectivity index (χ1) is 10.3. The first-order valence-electron chi connectivity index (χ1n) is 7.24. The van der Waals surface area contributed by atoms with E-state index in [2.05, 4.69) is 0 Å². The van der Waals surface area contributed by atoms with Crippen molar-refractivity contribution < 1.29 is 17.1 Å². The highest BCUT2D eigenvalue weighted by Gasteiger charge is 2.47. The number of nitrogens with zero attached hydrogens (tertiary/aromatic N) is 1. The maximum atomic E-state index is 12.8. The Morgan fingerprint density at radius 2 is 1.91 bits per heavy atom. The molecule has 0 N–H and O–H groups in total. The van der Waals surface area contributed by atoms with E-state index in [0.29, 0.717) is 18.1 Å². The van der Waals surface area contributed by atoms with Gasteiger partial charge in [-0.2, -0.15) is 8.42 Å². The van der Waals surface area contributed by atoms with Crippen molar-refractivity contribution in [2.24, 2.45) is 5.92 Å². The van der Waals surface area contributed by atoms with Gasteiger partial charge in [0, 0.05) is 35.9 Å². The van der Waals surface area contributed by atoms with Crippen LogP contribution in [0.25, 0.3) is 0 Å². The first-order valence-corrected chi connectivity index (χ1v) is 9.17. The fourth-order valence-electron chi connectivity index (χ4n) is 3.26. The minimum atomic E-state index is -4.53. The van der Waals surface area contributed by atoms with Crippen molar-refractivity contribution in [3.63, 3.8) is 0 Å². The lowest BCUT2D eigenvalue weighted by Gasteiger charge is -2.24. The molecule has 0 aromatic heterocycles. The lowest BCUT2D eigenvalue weighted by atomic mass is 9.95. The fourth-order valence-corrected chi connectivity index (χ4v) is 4.17. The predicted molar refractivity (Wildman–Crippen MR) is 81.9 cm³/mol. The van der Waals surface area contributed by atoms with Crippen LogP contribution < -0.4 is 0 Å². The summed E-state index contributed by atoms with van der Waals surface area (Å²) in [6.07, 6.45) is 2.09. The van der Waals surface area contributed by atoms with E-state index in [1.54, 1.807) is 4.90 Å². The second kappa shape index (κ2) is 5.49. The number of amides is 1. The molecular weight excluding hydrogens is 329 g/mol. The smallest absolute Gasteiger partial charge is 0.302 e. The van der Waals surface area contributed by atoms with Crippen molar-refractivity contribution in [3.8, 4) is 0 Å². The summed E-state index contributed by atoms with van der Waals surface area (Å²) in [7, 11) is -4.53. The number of rotatable bonds is 5. The zero-order valence-electron chi connectivity index (χ0n) is 12.0. The lowest BCUT2D eigenvalue weighted by molar-refractivity contribution is -0.128. The third-order valence-corrected chi connectivity index (χ3v) is 5.65. The molecule has 2 fully saturated rings. The Bertz CT molecular complexity index is 685. The third-order valence-electron chi connectivity index (χ3n) is 4.53. The maximum absolute atomic E-state index is 12.8. The molecule has 120 valence electrons. The van der Waals surface area contributed by atoms with Gasteiger partial charge in [0.15, 0.2) is 0 Å². The van der Waals surface area contributed by atoms with E-state index >= 15 is 0 Å². The first kappa shape index (κ1) is 15.7. The van der Waals surface area contributed by atoms with Crippen LogP contribution in [0.5, 0.6) is 0 Å². The van der Waals surface area contributed by atoms with Crippen LogP contribution in [0.1, 0.15) is 24.8 Å². The van der Waals surface area contributed by atoms with E-state index in [0.717, 1.165) is 18.4 Å². The largest absolute Gasteiger partial charge is 0.341 e. The predicted octanol–water partition coefficient (Wildman–Crippen LogP) is 2.52. The van der Waals surface area contributed by atoms with Crippen LogP contribution in [0.2, 0.25) is 5.02 Å². The van der Waals surface area contributed by atoms with Crippen LogP contribution in [0.15, 0.2) is 24.3 Å². The van der Waals surface area contributed by atoms with Gasteiger partial charge >= 0.3 is 10.2 Å². The van der Waals surface area contributed by atoms with Gasteiger partial charge in [-0.25, -0.2) is 0 Å². The molecule has 1 heterocycles. The minimum absolute atomic E-state index is 0.0519. The summed E-state index contributed by atoms with van der Waals surface area (Å²) in [5, 5.41) is 0.671. The number of carbonyl (C=O) groups is 1. The van der Waals surface area contributed by atoms with Crippen molar-refractivity contribution in [1.82, 2.24) is 4.90 Å². The topological polar surface area (TPSA) is 54.5 Å². The molecule has 1 saturated carbocycles. The Morgan fingerprint density at radius 1 is 1.27 bits per heavy atom. The molecule has 0 radical (unpaired) electrons. The number of hydrogen-bond donors (Lipinski definition) is 0. The summed E-state index contributed by atoms with van der Waals surface area (Å²) in [5.41, 5.74) is 1.09. The van der Waals surface area contributed by atoms with Gasteiger partial charge in [0.05, 0.1) is 5.75 Å². The molecule has 1 atom stereocenters. The van der Waals surface area contributed by atoms with E-state index < -0.39 is 21.9 Å². The highest BCUT2D eigenvalue weighted by atomic mass is 35.5. The van der Waals surface area contributed by atoms with E-state index in [1.165, 1.54) is 0 Å². The van der Waals surface area contributed by atoms with E-state index in [-0.39, 0.29) is 17.7 Å². The van der Waals surface area contributed by atoms with Crippen LogP contribution in [-0.2, 0) is 20.4 Å². The highest BCUT2D eigenvalue weighted by Crippen LogP contribution is 2.49. The van der Waals surface area contributed by atoms with E-state index in [4.69, 9.17) is 11.6 Å². The molecule has 3 rings (SSSR count). The normalized spacial score (nSPS) is 23.8. The molecule has 1 aromatic carbocycles. The molecule has 1 unspecified atom stereocenters. The minimum Gasteiger partial charge on any atom is -0.341 e. The molecule has 0 bridgehead atoms. The van der Waals surface area contributed by atoms with Crippen LogP contribution in [0.3, 0.4) is 0 Å². The van der Waals surface area contributed by atoms with E-state index in [1.807, 2.05) is 24.3 Å². The zero-order valence-corrected chi connectivity index (χ0v) is 13.5. The number of carbonyl (C=O) groups excluding carboxylic acids is 1. The van der Waals surface area contributed by atoms with Gasteiger partial charge in [-0.3, -0.25) is 4.79 Å². The van der Waals surface area contributed by atoms with Crippen LogP contribution in [-0.4, -0.2) is 38.1 Å². The molecular formula is C15H17ClFNO3S. The fraction of sp³-hybridized carbons (Fsp3) is 0.533. The summed E-state index contributed by atoms with van der Waals surface area (Å²) in [5.74, 6) is -1.10. The van der Waals surface area contributed by atoms with Crippen LogP contribution >= 0.6 is 11.6 Å². The standard InChI is InChI=1S/C15H17ClFNO3S/c16-13-3-1-12(2-4-13)15(5-6-15)10-18-8-11(7-14(18)19)9-22(17,20)21/h1-4,11H,5-10H2. The lowest BCUT2D eigenvalue weighted by Crippen LogP contribution is -2.34. The molecule has 1 amide bonds. The van der Waals surface area contributed by atoms with Crippen molar-refractivity contribution in [2.75, 3.05) is 18.8 Å². The van der Waals surface area contributed by atoms with Crippen molar-refractivity contribution in [1.29, 1.82) is 0 Å². The van der Waals surface area contributed by atoms with Gasteiger partial charge in [-0.15, -0.1) is 3.89 Å². The Balaban J connectivity index is 1.68. The highest BCUT2D eigenvalue weighted by molar-refractivity contribution is 7.86. The molecule has 22 heavy (non-hydrogen) atoms. The maximum Gasteiger partial charge on any atom is 0.302 e. The molecule has 1 aliphatic carbocycles. The number of hydrogen-bond acceptors (Lipinski definition) is 3. The Kier molecular flexibility index (Phi) is 3.93. The molecule has 1 saturated heterocycles. The van der Waals surface area contributed by atoms with Crippen molar-refractivity contribution in [3.05, 3.63) is 34.9 Å². The quantitative estimate of drug-likeness (QED) is 0.770. The summed E-state index contributed by atoms with van der Waals surface area (Å²) in [6, 6.07) is 7.61. The number of halogens is 2. The van der Waals surface area contributed by atoms with Crippen molar-refractivity contribution in [2.45, 2.75) is 24.7 Å². The average molecular weight is 346 g/mol. The third kappa shape index (κ3) is 3.43. The summed E-state index contributed by atoms with van der Waals surface area (Å²) >= 11 is 5.90. The van der Waals surface area contributed by atoms with Gasteiger partial charge in [-0.05, 0) is 30.5 Å². The van der Waals surface area contributed by atoms with Crippen LogP contribution in [0.4, 0.5) is 3.89 Å². The second-order valence-electron chi connectivity index (χ2n) is 6.34. The Hall–Kier alpha value is -1.14. The van der Waals surface area contributed by atoms with Gasteiger partial charge in [0.1, 0.15) is 0 Å². The van der Waals surface area contributed by atoms with E-state index in [9.17, 15) is 17.1 Å². The molecule has 1 aromatic rings. The molecule has 0 spiro atoms. The summed E-state index contributed by atoms with van der Waals surface area (Å²) in [4.78, 5) is 13.7. The number of likely N-dealkylation sites (tertiary alicyclic amines) is 1. The molecule has 4 nitrogen and oxygen atoms in total. The summed E-state index contributed by atoms with van der Waals surface area (Å²) < 4.78 is 34.3. The van der Waals surface area contributed by atoms with Crippen molar-refractivity contribution >= 4 is 27.7 Å².